The van der Waals surface area contributed by atoms with Crippen molar-refractivity contribution < 1.29 is 19.8 Å². The second kappa shape index (κ2) is 12.1. The van der Waals surface area contributed by atoms with Crippen LogP contribution in [0.1, 0.15) is 41.7 Å². The third-order valence-electron chi connectivity index (χ3n) is 6.67. The molecule has 1 amide bonds. The molecule has 39 heavy (non-hydrogen) atoms. The minimum absolute atomic E-state index is 0.0690. The van der Waals surface area contributed by atoms with Gasteiger partial charge in [0, 0.05) is 44.1 Å². The topological polar surface area (TPSA) is 152 Å². The molecule has 2 heterocycles. The predicted octanol–water partition coefficient (Wildman–Crippen LogP) is 2.72. The lowest BCUT2D eigenvalue weighted by Crippen LogP contribution is -2.53. The van der Waals surface area contributed by atoms with Crippen molar-refractivity contribution in [3.8, 4) is 0 Å². The van der Waals surface area contributed by atoms with Gasteiger partial charge in [0.25, 0.3) is 16.8 Å². The van der Waals surface area contributed by atoms with Crippen molar-refractivity contribution in [1.29, 1.82) is 0 Å². The van der Waals surface area contributed by atoms with Crippen molar-refractivity contribution in [3.05, 3.63) is 78.3 Å². The van der Waals surface area contributed by atoms with Gasteiger partial charge in [-0.3, -0.25) is 29.1 Å². The van der Waals surface area contributed by atoms with Crippen LogP contribution in [0.15, 0.2) is 46.2 Å². The summed E-state index contributed by atoms with van der Waals surface area (Å²) in [6, 6.07) is 5.31. The Hall–Kier alpha value is -3.51. The molecule has 0 spiro atoms. The number of aliphatic hydroxyl groups is 1. The third-order valence-corrected chi connectivity index (χ3v) is 7.24. The molecule has 1 aliphatic heterocycles. The summed E-state index contributed by atoms with van der Waals surface area (Å²) in [5.41, 5.74) is -0.0641. The minimum Gasteiger partial charge on any atom is -0.481 e. The summed E-state index contributed by atoms with van der Waals surface area (Å²) in [7, 11) is 0. The quantitative estimate of drug-likeness (QED) is 0.265. The number of benzene rings is 1. The second-order valence-corrected chi connectivity index (χ2v) is 9.96. The average molecular weight is 576 g/mol. The molecule has 0 saturated carbocycles. The van der Waals surface area contributed by atoms with E-state index >= 15 is 0 Å². The van der Waals surface area contributed by atoms with E-state index in [4.69, 9.17) is 23.2 Å². The van der Waals surface area contributed by atoms with E-state index in [9.17, 15) is 29.4 Å². The fourth-order valence-electron chi connectivity index (χ4n) is 4.50. The summed E-state index contributed by atoms with van der Waals surface area (Å²) in [6.45, 7) is 3.80. The molecule has 0 bridgehead atoms. The van der Waals surface area contributed by atoms with E-state index in [1.165, 1.54) is 24.5 Å². The summed E-state index contributed by atoms with van der Waals surface area (Å²) in [5, 5.41) is 25.5. The number of pyridine rings is 1. The molecule has 1 aromatic heterocycles. The lowest BCUT2D eigenvalue weighted by atomic mass is 10.00. The Labute approximate surface area is 233 Å². The van der Waals surface area contributed by atoms with Gasteiger partial charge in [-0.1, -0.05) is 42.3 Å². The first-order valence-corrected chi connectivity index (χ1v) is 13.0. The summed E-state index contributed by atoms with van der Waals surface area (Å²) >= 11 is 12.1. The van der Waals surface area contributed by atoms with Crippen LogP contribution in [0.4, 0.5) is 17.1 Å². The molecule has 1 saturated heterocycles. The summed E-state index contributed by atoms with van der Waals surface area (Å²) in [6.07, 6.45) is 2.33. The van der Waals surface area contributed by atoms with Crippen LogP contribution in [0, 0.1) is 0 Å². The highest BCUT2D eigenvalue weighted by Gasteiger charge is 2.31. The van der Waals surface area contributed by atoms with Crippen LogP contribution in [-0.4, -0.2) is 64.4 Å². The van der Waals surface area contributed by atoms with Crippen LogP contribution in [0.25, 0.3) is 0 Å². The van der Waals surface area contributed by atoms with Crippen LogP contribution in [0.5, 0.6) is 0 Å². The molecule has 2 atom stereocenters. The molecule has 2 unspecified atom stereocenters. The predicted molar refractivity (Wildman–Crippen MR) is 149 cm³/mol. The number of aromatic nitrogens is 1. The van der Waals surface area contributed by atoms with E-state index in [-0.39, 0.29) is 39.1 Å². The number of aliphatic hydroxyl groups excluding tert-OH is 1. The van der Waals surface area contributed by atoms with E-state index in [2.05, 4.69) is 15.6 Å². The van der Waals surface area contributed by atoms with Gasteiger partial charge < -0.3 is 25.7 Å². The average Bonchev–Trinajstić information content (AvgIpc) is 2.93. The Morgan fingerprint density at radius 1 is 1.00 bits per heavy atom. The molecule has 2 aromatic carbocycles. The number of carboxylic acids is 1. The van der Waals surface area contributed by atoms with Crippen LogP contribution in [0.2, 0.25) is 10.0 Å². The number of rotatable bonds is 10. The molecular weight excluding hydrogens is 549 g/mol. The Morgan fingerprint density at radius 3 is 2.18 bits per heavy atom. The first-order valence-electron chi connectivity index (χ1n) is 12.3. The van der Waals surface area contributed by atoms with Crippen molar-refractivity contribution in [1.82, 2.24) is 9.88 Å². The van der Waals surface area contributed by atoms with Crippen LogP contribution < -0.4 is 26.4 Å². The number of carbonyl (C=O) groups is 2. The number of hydrogen-bond donors (Lipinski definition) is 4. The van der Waals surface area contributed by atoms with Gasteiger partial charge >= 0.3 is 5.97 Å². The molecule has 206 valence electrons. The zero-order valence-electron chi connectivity index (χ0n) is 21.0. The first kappa shape index (κ1) is 28.5. The number of halogens is 2. The number of piperazine rings is 1. The lowest BCUT2D eigenvalue weighted by molar-refractivity contribution is -0.137. The van der Waals surface area contributed by atoms with Gasteiger partial charge in [-0.25, -0.2) is 0 Å². The molecule has 0 radical (unpaired) electrons. The number of aliphatic carboxylic acids is 1. The molecule has 1 fully saturated rings. The zero-order valence-corrected chi connectivity index (χ0v) is 22.5. The Bertz CT molecular complexity index is 1410. The molecule has 4 rings (SSSR count). The van der Waals surface area contributed by atoms with Gasteiger partial charge in [0.2, 0.25) is 0 Å². The van der Waals surface area contributed by atoms with E-state index in [1.807, 2.05) is 11.8 Å². The highest BCUT2D eigenvalue weighted by atomic mass is 35.5. The van der Waals surface area contributed by atoms with Crippen LogP contribution in [-0.2, 0) is 4.79 Å². The van der Waals surface area contributed by atoms with Crippen molar-refractivity contribution in [2.75, 3.05) is 41.7 Å². The van der Waals surface area contributed by atoms with E-state index in [0.29, 0.717) is 38.2 Å². The smallest absolute Gasteiger partial charge is 0.305 e. The maximum Gasteiger partial charge on any atom is 0.305 e. The van der Waals surface area contributed by atoms with Crippen molar-refractivity contribution in [2.24, 2.45) is 0 Å². The normalized spacial score (nSPS) is 15.6. The molecule has 4 N–H and O–H groups in total. The molecular formula is C26H27Cl2N5O6. The zero-order chi connectivity index (χ0) is 28.3. The molecule has 1 aliphatic rings. The van der Waals surface area contributed by atoms with Gasteiger partial charge in [0.15, 0.2) is 0 Å². The second-order valence-electron chi connectivity index (χ2n) is 9.14. The Balaban J connectivity index is 1.51. The number of hydrogen-bond acceptors (Lipinski definition) is 9. The fourth-order valence-corrected chi connectivity index (χ4v) is 4.96. The summed E-state index contributed by atoms with van der Waals surface area (Å²) in [5.74, 6) is -1.60. The number of amides is 1. The summed E-state index contributed by atoms with van der Waals surface area (Å²) < 4.78 is 0. The molecule has 13 heteroatoms. The lowest BCUT2D eigenvalue weighted by Gasteiger charge is -2.39. The number of nitrogens with zero attached hydrogens (tertiary/aromatic N) is 3. The number of nitrogens with one attached hydrogen (secondary N) is 2. The van der Waals surface area contributed by atoms with Crippen LogP contribution in [0.3, 0.4) is 0 Å². The number of anilines is 3. The maximum absolute atomic E-state index is 12.7. The molecule has 11 nitrogen and oxygen atoms in total. The number of carbonyl (C=O) groups excluding carboxylic acids is 1. The van der Waals surface area contributed by atoms with Crippen molar-refractivity contribution in [2.45, 2.75) is 32.0 Å². The summed E-state index contributed by atoms with van der Waals surface area (Å²) in [4.78, 5) is 56.8. The SMILES string of the molecule is CCC(O)N1CCN(c2c(NC(CC(=O)O)c3ccc(C(=O)Nc4c(Cl)cncc4Cl)cc3)c(=O)c2=O)CC1. The first-order chi connectivity index (χ1) is 18.6. The van der Waals surface area contributed by atoms with Gasteiger partial charge in [0.1, 0.15) is 17.6 Å². The monoisotopic (exact) mass is 575 g/mol. The van der Waals surface area contributed by atoms with Gasteiger partial charge in [-0.05, 0) is 24.1 Å². The Morgan fingerprint density at radius 2 is 1.62 bits per heavy atom. The van der Waals surface area contributed by atoms with Gasteiger partial charge in [-0.2, -0.15) is 0 Å². The highest BCUT2D eigenvalue weighted by molar-refractivity contribution is 6.39. The minimum atomic E-state index is -1.11. The third kappa shape index (κ3) is 6.22. The molecule has 0 aliphatic carbocycles. The van der Waals surface area contributed by atoms with Crippen molar-refractivity contribution in [3.63, 3.8) is 0 Å². The Kier molecular flexibility index (Phi) is 8.86. The largest absolute Gasteiger partial charge is 0.481 e. The van der Waals surface area contributed by atoms with E-state index in [0.717, 1.165) is 0 Å². The molecule has 3 aromatic rings. The highest BCUT2D eigenvalue weighted by Crippen LogP contribution is 2.30. The van der Waals surface area contributed by atoms with Gasteiger partial charge in [0.05, 0.1) is 28.2 Å². The van der Waals surface area contributed by atoms with Gasteiger partial charge in [-0.15, -0.1) is 0 Å². The van der Waals surface area contributed by atoms with E-state index < -0.39 is 35.0 Å². The van der Waals surface area contributed by atoms with E-state index in [1.54, 1.807) is 17.0 Å². The van der Waals surface area contributed by atoms with Crippen LogP contribution >= 0.6 is 23.2 Å². The maximum atomic E-state index is 12.7. The fraction of sp³-hybridized carbons (Fsp3) is 0.346. The number of carboxylic acid groups (broad SMARTS) is 1. The van der Waals surface area contributed by atoms with Crippen molar-refractivity contribution >= 4 is 52.1 Å². The standard InChI is InChI=1S/C26H27Cl2N5O6/c1-2-19(34)32-7-9-33(10-8-32)23-22(24(37)25(23)38)30-18(11-20(35)36)14-3-5-15(6-4-14)26(39)31-21-16(27)12-29-13-17(21)28/h3-6,12-13,18-19,30,34H,2,7-11H2,1H3,(H,35,36)(H,29,31,39).